The molecule has 5 nitrogen and oxygen atoms in total. The van der Waals surface area contributed by atoms with Crippen molar-refractivity contribution in [2.45, 2.75) is 0 Å². The molecule has 0 fully saturated rings. The summed E-state index contributed by atoms with van der Waals surface area (Å²) in [5.74, 6) is -0.133. The average molecular weight is 325 g/mol. The van der Waals surface area contributed by atoms with Crippen LogP contribution in [0.5, 0.6) is 0 Å². The van der Waals surface area contributed by atoms with Crippen molar-refractivity contribution in [2.75, 3.05) is 5.32 Å². The van der Waals surface area contributed by atoms with E-state index >= 15 is 0 Å². The van der Waals surface area contributed by atoms with Crippen LogP contribution < -0.4 is 10.6 Å². The lowest BCUT2D eigenvalue weighted by Crippen LogP contribution is -2.28. The number of pyridine rings is 1. The van der Waals surface area contributed by atoms with Gasteiger partial charge in [0.05, 0.1) is 21.9 Å². The zero-order valence-electron chi connectivity index (χ0n) is 12.0. The van der Waals surface area contributed by atoms with Crippen molar-refractivity contribution in [3.63, 3.8) is 0 Å². The fourth-order valence-corrected chi connectivity index (χ4v) is 2.60. The predicted molar refractivity (Wildman–Crippen MR) is 92.7 cm³/mol. The van der Waals surface area contributed by atoms with Crippen molar-refractivity contribution in [3.05, 3.63) is 59.6 Å². The van der Waals surface area contributed by atoms with Crippen molar-refractivity contribution in [2.24, 2.45) is 0 Å². The largest absolute Gasteiger partial charge is 0.325 e. The monoisotopic (exact) mass is 324 g/mol. The molecule has 0 atom stereocenters. The maximum Gasteiger partial charge on any atom is 0.213 e. The first-order valence-electron chi connectivity index (χ1n) is 6.89. The van der Waals surface area contributed by atoms with Crippen LogP contribution >= 0.6 is 11.6 Å². The number of rotatable bonds is 3. The highest BCUT2D eigenvalue weighted by molar-refractivity contribution is 6.36. The number of benzene rings is 2. The Morgan fingerprint density at radius 2 is 1.91 bits per heavy atom. The molecule has 3 aromatic rings. The predicted octanol–water partition coefficient (Wildman–Crippen LogP) is 3.65. The van der Waals surface area contributed by atoms with E-state index in [1.165, 1.54) is 0 Å². The second-order valence-electron chi connectivity index (χ2n) is 4.82. The summed E-state index contributed by atoms with van der Waals surface area (Å²) in [6.45, 7) is 0. The summed E-state index contributed by atoms with van der Waals surface area (Å²) in [7, 11) is 0. The normalized spacial score (nSPS) is 10.3. The average Bonchev–Trinajstić information content (AvgIpc) is 2.55. The number of carbonyl (C=O) groups is 1. The number of amides is 1. The van der Waals surface area contributed by atoms with Crippen LogP contribution in [-0.2, 0) is 4.79 Å². The summed E-state index contributed by atoms with van der Waals surface area (Å²) in [6.07, 6.45) is 0.443. The molecular weight excluding hydrogens is 312 g/mol. The standard InChI is InChI=1S/C17H13ClN4O/c18-12-7-4-8-13-16(12)15(22-17(19)20-10-23)9-14(21-13)11-5-2-1-3-6-11/h1-10H,(H3,19,20,21,22,23). The third-order valence-corrected chi connectivity index (χ3v) is 3.63. The Labute approximate surface area is 137 Å². The summed E-state index contributed by atoms with van der Waals surface area (Å²) >= 11 is 6.28. The number of hydrogen-bond acceptors (Lipinski definition) is 3. The van der Waals surface area contributed by atoms with Gasteiger partial charge < -0.3 is 5.32 Å². The lowest BCUT2D eigenvalue weighted by atomic mass is 10.1. The summed E-state index contributed by atoms with van der Waals surface area (Å²) in [4.78, 5) is 15.1. The van der Waals surface area contributed by atoms with Crippen LogP contribution in [0.1, 0.15) is 0 Å². The first kappa shape index (κ1) is 15.0. The first-order valence-corrected chi connectivity index (χ1v) is 7.27. The summed E-state index contributed by atoms with van der Waals surface area (Å²) in [6, 6.07) is 17.0. The molecule has 0 bridgehead atoms. The van der Waals surface area contributed by atoms with E-state index in [4.69, 9.17) is 17.0 Å². The molecule has 3 rings (SSSR count). The van der Waals surface area contributed by atoms with Gasteiger partial charge in [-0.15, -0.1) is 0 Å². The number of carbonyl (C=O) groups excluding carboxylic acids is 1. The maximum absolute atomic E-state index is 10.5. The van der Waals surface area contributed by atoms with Gasteiger partial charge in [0.1, 0.15) is 0 Å². The van der Waals surface area contributed by atoms with Crippen LogP contribution in [0.2, 0.25) is 5.02 Å². The first-order chi connectivity index (χ1) is 11.2. The van der Waals surface area contributed by atoms with Gasteiger partial charge in [0.25, 0.3) is 0 Å². The second-order valence-corrected chi connectivity index (χ2v) is 5.22. The molecule has 1 aromatic heterocycles. The fourth-order valence-electron chi connectivity index (χ4n) is 2.33. The molecule has 1 heterocycles. The Balaban J connectivity index is 2.18. The van der Waals surface area contributed by atoms with Crippen molar-refractivity contribution >= 4 is 40.6 Å². The van der Waals surface area contributed by atoms with Gasteiger partial charge in [-0.1, -0.05) is 48.0 Å². The van der Waals surface area contributed by atoms with Crippen molar-refractivity contribution < 1.29 is 4.79 Å². The third-order valence-electron chi connectivity index (χ3n) is 3.32. The van der Waals surface area contributed by atoms with Crippen LogP contribution in [-0.4, -0.2) is 17.4 Å². The molecule has 0 radical (unpaired) electrons. The van der Waals surface area contributed by atoms with Gasteiger partial charge in [0, 0.05) is 10.9 Å². The number of anilines is 1. The number of guanidine groups is 1. The van der Waals surface area contributed by atoms with Crippen molar-refractivity contribution in [1.82, 2.24) is 10.3 Å². The Bertz CT molecular complexity index is 880. The number of fused-ring (bicyclic) bond motifs is 1. The Kier molecular flexibility index (Phi) is 4.21. The lowest BCUT2D eigenvalue weighted by molar-refractivity contribution is -0.108. The van der Waals surface area contributed by atoms with Gasteiger partial charge in [-0.05, 0) is 18.2 Å². The third kappa shape index (κ3) is 3.14. The second kappa shape index (κ2) is 6.46. The smallest absolute Gasteiger partial charge is 0.213 e. The van der Waals surface area contributed by atoms with Crippen molar-refractivity contribution in [1.29, 1.82) is 5.41 Å². The minimum Gasteiger partial charge on any atom is -0.325 e. The molecule has 6 heteroatoms. The van der Waals surface area contributed by atoms with E-state index in [0.29, 0.717) is 28.0 Å². The number of aromatic nitrogens is 1. The zero-order chi connectivity index (χ0) is 16.2. The highest BCUT2D eigenvalue weighted by Gasteiger charge is 2.11. The van der Waals surface area contributed by atoms with Crippen LogP contribution in [0.3, 0.4) is 0 Å². The van der Waals surface area contributed by atoms with E-state index in [0.717, 1.165) is 11.3 Å². The number of halogens is 1. The quantitative estimate of drug-likeness (QED) is 0.391. The van der Waals surface area contributed by atoms with Gasteiger partial charge in [-0.3, -0.25) is 15.5 Å². The molecule has 1 amide bonds. The Hall–Kier alpha value is -2.92. The number of hydrogen-bond donors (Lipinski definition) is 3. The molecule has 3 N–H and O–H groups in total. The molecule has 0 aliphatic carbocycles. The van der Waals surface area contributed by atoms with Crippen LogP contribution in [0.25, 0.3) is 22.2 Å². The minimum atomic E-state index is -0.133. The van der Waals surface area contributed by atoms with E-state index in [1.807, 2.05) is 48.5 Å². The molecule has 0 aliphatic rings. The molecule has 0 aliphatic heterocycles. The molecule has 0 spiro atoms. The van der Waals surface area contributed by atoms with E-state index in [2.05, 4.69) is 15.6 Å². The Morgan fingerprint density at radius 1 is 1.13 bits per heavy atom. The molecule has 2 aromatic carbocycles. The van der Waals surface area contributed by atoms with Gasteiger partial charge in [-0.2, -0.15) is 0 Å². The van der Waals surface area contributed by atoms with Crippen LogP contribution in [0.15, 0.2) is 54.6 Å². The summed E-state index contributed by atoms with van der Waals surface area (Å²) in [5.41, 5.74) is 3.02. The molecule has 0 unspecified atom stereocenters. The van der Waals surface area contributed by atoms with Crippen LogP contribution in [0.4, 0.5) is 5.69 Å². The highest BCUT2D eigenvalue weighted by Crippen LogP contribution is 2.32. The summed E-state index contributed by atoms with van der Waals surface area (Å²) in [5, 5.41) is 14.1. The van der Waals surface area contributed by atoms with Crippen molar-refractivity contribution in [3.8, 4) is 11.3 Å². The van der Waals surface area contributed by atoms with Crippen LogP contribution in [0, 0.1) is 5.41 Å². The minimum absolute atomic E-state index is 0.133. The van der Waals surface area contributed by atoms with E-state index in [9.17, 15) is 4.79 Å². The topological polar surface area (TPSA) is 77.9 Å². The summed E-state index contributed by atoms with van der Waals surface area (Å²) < 4.78 is 0. The van der Waals surface area contributed by atoms with Gasteiger partial charge in [0.15, 0.2) is 5.96 Å². The fraction of sp³-hybridized carbons (Fsp3) is 0. The molecular formula is C17H13ClN4O. The van der Waals surface area contributed by atoms with E-state index in [-0.39, 0.29) is 5.96 Å². The zero-order valence-corrected chi connectivity index (χ0v) is 12.8. The molecule has 0 saturated carbocycles. The SMILES string of the molecule is N=C(NC=O)Nc1cc(-c2ccccc2)nc2cccc(Cl)c12. The van der Waals surface area contributed by atoms with Gasteiger partial charge in [-0.25, -0.2) is 4.98 Å². The number of nitrogens with one attached hydrogen (secondary N) is 3. The molecule has 0 saturated heterocycles. The van der Waals surface area contributed by atoms with Gasteiger partial charge in [0.2, 0.25) is 6.41 Å². The Morgan fingerprint density at radius 3 is 2.65 bits per heavy atom. The highest BCUT2D eigenvalue weighted by atomic mass is 35.5. The van der Waals surface area contributed by atoms with Gasteiger partial charge >= 0.3 is 0 Å². The van der Waals surface area contributed by atoms with E-state index < -0.39 is 0 Å². The molecule has 23 heavy (non-hydrogen) atoms. The van der Waals surface area contributed by atoms with E-state index in [1.54, 1.807) is 6.07 Å². The molecule has 114 valence electrons. The number of nitrogens with zero attached hydrogens (tertiary/aromatic N) is 1. The maximum atomic E-state index is 10.5. The lowest BCUT2D eigenvalue weighted by Gasteiger charge is -2.13.